The number of ketones is 1. The second-order valence-corrected chi connectivity index (χ2v) is 13.8. The van der Waals surface area contributed by atoms with Gasteiger partial charge in [0.2, 0.25) is 10.0 Å². The zero-order valence-electron chi connectivity index (χ0n) is 24.9. The predicted molar refractivity (Wildman–Crippen MR) is 173 cm³/mol. The van der Waals surface area contributed by atoms with E-state index in [9.17, 15) is 17.6 Å². The summed E-state index contributed by atoms with van der Waals surface area (Å²) < 4.78 is 58.4. The van der Waals surface area contributed by atoms with Crippen LogP contribution in [0.4, 0.5) is 8.78 Å². The Morgan fingerprint density at radius 2 is 1.67 bits per heavy atom. The van der Waals surface area contributed by atoms with E-state index >= 15 is 4.39 Å². The summed E-state index contributed by atoms with van der Waals surface area (Å²) in [6.45, 7) is 2.77. The van der Waals surface area contributed by atoms with E-state index in [-0.39, 0.29) is 29.6 Å². The zero-order valence-corrected chi connectivity index (χ0v) is 26.4. The molecule has 236 valence electrons. The molecule has 0 aromatic heterocycles. The van der Waals surface area contributed by atoms with Gasteiger partial charge >= 0.3 is 0 Å². The molecule has 0 unspecified atom stereocenters. The van der Waals surface area contributed by atoms with E-state index < -0.39 is 39.7 Å². The molecule has 1 aliphatic rings. The van der Waals surface area contributed by atoms with Crippen LogP contribution in [0, 0.1) is 11.6 Å². The Hall–Kier alpha value is -3.47. The second kappa shape index (κ2) is 14.3. The van der Waals surface area contributed by atoms with Crippen molar-refractivity contribution in [3.8, 4) is 0 Å². The lowest BCUT2D eigenvalue weighted by Gasteiger charge is -2.40. The van der Waals surface area contributed by atoms with Gasteiger partial charge in [-0.25, -0.2) is 17.2 Å². The monoisotopic (exact) mass is 651 g/mol. The number of nitrogens with one attached hydrogen (secondary N) is 1. The standard InChI is InChI=1S/C35H36ClF2N3O3S/c1-23-21-40-22-29(41(23)45(43,44)30-10-3-2-4-11-30)17-18-31-25(7-6-12-32(31)38)20-33(42)35(39)34(24-13-15-27(36)16-14-24)26-8-5-9-28(37)19-26/h2-16,19,23,29,34-35,40H,17-18,20-22,39H2,1H3/t23-,29-,34-,35+/m0/s1. The number of nitrogens with zero attached hydrogens (tertiary/aromatic N) is 1. The molecule has 0 radical (unpaired) electrons. The third-order valence-corrected chi connectivity index (χ3v) is 10.7. The van der Waals surface area contributed by atoms with Gasteiger partial charge in [0.05, 0.1) is 10.9 Å². The molecule has 3 N–H and O–H groups in total. The first kappa shape index (κ1) is 32.9. The summed E-state index contributed by atoms with van der Waals surface area (Å²) in [7, 11) is -3.79. The molecule has 0 bridgehead atoms. The van der Waals surface area contributed by atoms with Gasteiger partial charge in [-0.1, -0.05) is 66.2 Å². The topological polar surface area (TPSA) is 92.5 Å². The van der Waals surface area contributed by atoms with Gasteiger partial charge in [0.15, 0.2) is 5.78 Å². The van der Waals surface area contributed by atoms with Gasteiger partial charge in [-0.15, -0.1) is 0 Å². The number of carbonyl (C=O) groups is 1. The Labute approximate surface area is 268 Å². The summed E-state index contributed by atoms with van der Waals surface area (Å²) in [5, 5.41) is 3.81. The van der Waals surface area contributed by atoms with Crippen molar-refractivity contribution in [3.63, 3.8) is 0 Å². The van der Waals surface area contributed by atoms with Gasteiger partial charge in [0, 0.05) is 42.5 Å². The summed E-state index contributed by atoms with van der Waals surface area (Å²) in [5.41, 5.74) is 8.67. The highest BCUT2D eigenvalue weighted by Gasteiger charge is 2.38. The molecule has 4 aromatic carbocycles. The number of nitrogens with two attached hydrogens (primary N) is 1. The van der Waals surface area contributed by atoms with Gasteiger partial charge in [-0.3, -0.25) is 4.79 Å². The molecule has 4 atom stereocenters. The zero-order chi connectivity index (χ0) is 32.1. The number of Topliss-reactive ketones (excluding diaryl/α,β-unsaturated/α-hetero) is 1. The Morgan fingerprint density at radius 3 is 2.38 bits per heavy atom. The minimum absolute atomic E-state index is 0.140. The highest BCUT2D eigenvalue weighted by molar-refractivity contribution is 7.89. The lowest BCUT2D eigenvalue weighted by atomic mass is 9.82. The fourth-order valence-electron chi connectivity index (χ4n) is 6.20. The normalized spacial score (nSPS) is 18.8. The first-order chi connectivity index (χ1) is 21.6. The molecule has 0 amide bonds. The molecule has 0 aliphatic carbocycles. The fourth-order valence-corrected chi connectivity index (χ4v) is 8.20. The summed E-state index contributed by atoms with van der Waals surface area (Å²) in [6.07, 6.45) is 0.419. The first-order valence-corrected chi connectivity index (χ1v) is 16.7. The van der Waals surface area contributed by atoms with Crippen molar-refractivity contribution in [2.24, 2.45) is 5.73 Å². The number of sulfonamides is 1. The van der Waals surface area contributed by atoms with E-state index in [0.717, 1.165) is 0 Å². The van der Waals surface area contributed by atoms with Gasteiger partial charge < -0.3 is 11.1 Å². The quantitative estimate of drug-likeness (QED) is 0.212. The molecule has 0 spiro atoms. The molecule has 6 nitrogen and oxygen atoms in total. The maximum atomic E-state index is 15.4. The minimum Gasteiger partial charge on any atom is -0.321 e. The van der Waals surface area contributed by atoms with E-state index in [2.05, 4.69) is 5.32 Å². The minimum atomic E-state index is -3.79. The first-order valence-electron chi connectivity index (χ1n) is 14.9. The summed E-state index contributed by atoms with van der Waals surface area (Å²) >= 11 is 6.09. The number of hydrogen-bond acceptors (Lipinski definition) is 5. The Balaban J connectivity index is 1.38. The molecule has 1 fully saturated rings. The van der Waals surface area contributed by atoms with E-state index in [1.807, 2.05) is 6.92 Å². The molecule has 5 rings (SSSR count). The van der Waals surface area contributed by atoms with E-state index in [1.54, 1.807) is 78.9 Å². The third kappa shape index (κ3) is 7.51. The van der Waals surface area contributed by atoms with Gasteiger partial charge in [-0.05, 0) is 84.5 Å². The smallest absolute Gasteiger partial charge is 0.243 e. The molecule has 1 heterocycles. The van der Waals surface area contributed by atoms with Crippen LogP contribution < -0.4 is 11.1 Å². The number of halogens is 3. The molecular formula is C35H36ClF2N3O3S. The van der Waals surface area contributed by atoms with Crippen molar-refractivity contribution in [1.29, 1.82) is 0 Å². The lowest BCUT2D eigenvalue weighted by Crippen LogP contribution is -2.58. The molecule has 1 aliphatic heterocycles. The van der Waals surface area contributed by atoms with Crippen molar-refractivity contribution in [3.05, 3.63) is 136 Å². The highest BCUT2D eigenvalue weighted by Crippen LogP contribution is 2.31. The third-order valence-electron chi connectivity index (χ3n) is 8.41. The molecule has 45 heavy (non-hydrogen) atoms. The summed E-state index contributed by atoms with van der Waals surface area (Å²) in [5.74, 6) is -1.92. The number of rotatable bonds is 11. The number of hydrogen-bond donors (Lipinski definition) is 2. The predicted octanol–water partition coefficient (Wildman–Crippen LogP) is 5.87. The molecular weight excluding hydrogens is 616 g/mol. The van der Waals surface area contributed by atoms with E-state index in [4.69, 9.17) is 17.3 Å². The number of carbonyl (C=O) groups excluding carboxylic acids is 1. The van der Waals surface area contributed by atoms with Crippen LogP contribution in [0.3, 0.4) is 0 Å². The van der Waals surface area contributed by atoms with Crippen LogP contribution in [-0.4, -0.2) is 49.7 Å². The highest BCUT2D eigenvalue weighted by atomic mass is 35.5. The summed E-state index contributed by atoms with van der Waals surface area (Å²) in [4.78, 5) is 14.0. The van der Waals surface area contributed by atoms with Crippen molar-refractivity contribution < 1.29 is 22.0 Å². The van der Waals surface area contributed by atoms with Crippen LogP contribution in [-0.2, 0) is 27.7 Å². The fraction of sp³-hybridized carbons (Fsp3) is 0.286. The van der Waals surface area contributed by atoms with Crippen LogP contribution in [0.15, 0.2) is 102 Å². The van der Waals surface area contributed by atoms with Gasteiger partial charge in [0.25, 0.3) is 0 Å². The Kier molecular flexibility index (Phi) is 10.5. The van der Waals surface area contributed by atoms with Crippen LogP contribution in [0.5, 0.6) is 0 Å². The van der Waals surface area contributed by atoms with Crippen LogP contribution in [0.2, 0.25) is 5.02 Å². The van der Waals surface area contributed by atoms with Crippen molar-refractivity contribution >= 4 is 27.4 Å². The van der Waals surface area contributed by atoms with Gasteiger partial charge in [-0.2, -0.15) is 4.31 Å². The largest absolute Gasteiger partial charge is 0.321 e. The molecule has 1 saturated heterocycles. The SMILES string of the molecule is C[C@H]1CNC[C@H](CCc2c(F)cccc2CC(=O)[C@@H](N)[C@@H](c2ccc(Cl)cc2)c2cccc(F)c2)N1S(=O)(=O)c1ccccc1. The average Bonchev–Trinajstić information content (AvgIpc) is 3.02. The Bertz CT molecular complexity index is 1740. The van der Waals surface area contributed by atoms with Crippen molar-refractivity contribution in [1.82, 2.24) is 9.62 Å². The molecule has 4 aromatic rings. The number of benzene rings is 4. The Morgan fingerprint density at radius 1 is 0.956 bits per heavy atom. The average molecular weight is 652 g/mol. The second-order valence-electron chi connectivity index (χ2n) is 11.5. The lowest BCUT2D eigenvalue weighted by molar-refractivity contribution is -0.119. The summed E-state index contributed by atoms with van der Waals surface area (Å²) in [6, 6.07) is 23.9. The van der Waals surface area contributed by atoms with Crippen LogP contribution in [0.1, 0.15) is 41.5 Å². The maximum absolute atomic E-state index is 15.4. The van der Waals surface area contributed by atoms with Crippen LogP contribution >= 0.6 is 11.6 Å². The maximum Gasteiger partial charge on any atom is 0.243 e. The van der Waals surface area contributed by atoms with Gasteiger partial charge in [0.1, 0.15) is 11.6 Å². The molecule has 10 heteroatoms. The van der Waals surface area contributed by atoms with E-state index in [1.165, 1.54) is 22.5 Å². The van der Waals surface area contributed by atoms with Crippen LogP contribution in [0.25, 0.3) is 0 Å². The molecule has 0 saturated carbocycles. The number of piperazine rings is 1. The van der Waals surface area contributed by atoms with E-state index in [0.29, 0.717) is 46.8 Å². The van der Waals surface area contributed by atoms with Crippen molar-refractivity contribution in [2.75, 3.05) is 13.1 Å². The van der Waals surface area contributed by atoms with Crippen molar-refractivity contribution in [2.45, 2.75) is 55.1 Å².